The molecule has 2 rings (SSSR count). The molecule has 1 saturated heterocycles. The van der Waals surface area contributed by atoms with Gasteiger partial charge in [0.1, 0.15) is 0 Å². The number of thioether (sulfide) groups is 1. The normalized spacial score (nSPS) is 17.6. The van der Waals surface area contributed by atoms with Crippen molar-refractivity contribution in [1.82, 2.24) is 0 Å². The predicted octanol–water partition coefficient (Wildman–Crippen LogP) is 3.61. The highest BCUT2D eigenvalue weighted by atomic mass is 79.9. The first-order valence-electron chi connectivity index (χ1n) is 5.47. The van der Waals surface area contributed by atoms with Gasteiger partial charge in [-0.1, -0.05) is 0 Å². The molecule has 0 radical (unpaired) electrons. The Morgan fingerprint density at radius 1 is 1.38 bits per heavy atom. The van der Waals surface area contributed by atoms with Gasteiger partial charge in [-0.15, -0.1) is 11.8 Å². The molecule has 0 spiro atoms. The summed E-state index contributed by atoms with van der Waals surface area (Å²) in [5, 5.41) is 0.674. The van der Waals surface area contributed by atoms with Crippen LogP contribution in [0.4, 0.5) is 5.69 Å². The molecule has 1 aromatic rings. The van der Waals surface area contributed by atoms with E-state index in [0.717, 1.165) is 41.8 Å². The smallest absolute Gasteiger partial charge is 0.0476 e. The maximum absolute atomic E-state index is 5.86. The van der Waals surface area contributed by atoms with Gasteiger partial charge in [0.2, 0.25) is 0 Å². The Morgan fingerprint density at radius 2 is 2.06 bits per heavy atom. The first-order chi connectivity index (χ1) is 7.66. The largest absolute Gasteiger partial charge is 0.398 e. The summed E-state index contributed by atoms with van der Waals surface area (Å²) in [5.74, 6) is 0. The van der Waals surface area contributed by atoms with Crippen LogP contribution in [0.3, 0.4) is 0 Å². The fourth-order valence-electron chi connectivity index (χ4n) is 1.73. The minimum absolute atomic E-state index is 0.674. The van der Waals surface area contributed by atoms with Crippen LogP contribution in [-0.4, -0.2) is 18.5 Å². The maximum Gasteiger partial charge on any atom is 0.0476 e. The van der Waals surface area contributed by atoms with Gasteiger partial charge in [0, 0.05) is 33.5 Å². The van der Waals surface area contributed by atoms with Crippen LogP contribution in [0, 0.1) is 6.92 Å². The SMILES string of the molecule is Cc1cc(SC2CCOCC2)c(Br)cc1N. The molecule has 1 aromatic carbocycles. The fraction of sp³-hybridized carbons (Fsp3) is 0.500. The Morgan fingerprint density at radius 3 is 2.75 bits per heavy atom. The van der Waals surface area contributed by atoms with Crippen molar-refractivity contribution in [2.24, 2.45) is 0 Å². The molecule has 88 valence electrons. The van der Waals surface area contributed by atoms with Crippen molar-refractivity contribution in [3.63, 3.8) is 0 Å². The van der Waals surface area contributed by atoms with Crippen LogP contribution < -0.4 is 5.73 Å². The van der Waals surface area contributed by atoms with E-state index in [0.29, 0.717) is 5.25 Å². The van der Waals surface area contributed by atoms with Gasteiger partial charge in [-0.2, -0.15) is 0 Å². The highest BCUT2D eigenvalue weighted by Crippen LogP contribution is 2.36. The number of hydrogen-bond acceptors (Lipinski definition) is 3. The van der Waals surface area contributed by atoms with Gasteiger partial charge in [-0.05, 0) is 53.4 Å². The van der Waals surface area contributed by atoms with Crippen molar-refractivity contribution in [3.8, 4) is 0 Å². The Balaban J connectivity index is 2.11. The molecule has 1 heterocycles. The molecule has 0 saturated carbocycles. The van der Waals surface area contributed by atoms with Crippen LogP contribution in [0.15, 0.2) is 21.5 Å². The molecule has 0 amide bonds. The Hall–Kier alpha value is -0.190. The quantitative estimate of drug-likeness (QED) is 0.848. The molecule has 0 atom stereocenters. The minimum Gasteiger partial charge on any atom is -0.398 e. The Kier molecular flexibility index (Phi) is 4.16. The van der Waals surface area contributed by atoms with E-state index in [1.807, 2.05) is 17.8 Å². The maximum atomic E-state index is 5.86. The van der Waals surface area contributed by atoms with E-state index in [2.05, 4.69) is 28.9 Å². The first kappa shape index (κ1) is 12.3. The van der Waals surface area contributed by atoms with Crippen molar-refractivity contribution >= 4 is 33.4 Å². The zero-order valence-electron chi connectivity index (χ0n) is 9.33. The number of hydrogen-bond donors (Lipinski definition) is 1. The number of nitrogen functional groups attached to an aromatic ring is 1. The molecule has 0 unspecified atom stereocenters. The molecule has 0 aromatic heterocycles. The van der Waals surface area contributed by atoms with Gasteiger partial charge in [0.15, 0.2) is 0 Å². The Labute approximate surface area is 109 Å². The summed E-state index contributed by atoms with van der Waals surface area (Å²) in [4.78, 5) is 1.29. The van der Waals surface area contributed by atoms with E-state index in [9.17, 15) is 0 Å². The number of aryl methyl sites for hydroxylation is 1. The van der Waals surface area contributed by atoms with E-state index in [-0.39, 0.29) is 0 Å². The van der Waals surface area contributed by atoms with Crippen LogP contribution in [0.1, 0.15) is 18.4 Å². The molecule has 0 aliphatic carbocycles. The van der Waals surface area contributed by atoms with Gasteiger partial charge in [-0.3, -0.25) is 0 Å². The molecule has 4 heteroatoms. The molecule has 1 aliphatic rings. The van der Waals surface area contributed by atoms with Crippen LogP contribution >= 0.6 is 27.7 Å². The second kappa shape index (κ2) is 5.43. The lowest BCUT2D eigenvalue weighted by molar-refractivity contribution is 0.100. The summed E-state index contributed by atoms with van der Waals surface area (Å²) >= 11 is 5.51. The van der Waals surface area contributed by atoms with Crippen molar-refractivity contribution in [1.29, 1.82) is 0 Å². The topological polar surface area (TPSA) is 35.2 Å². The average Bonchev–Trinajstić information content (AvgIpc) is 2.27. The zero-order chi connectivity index (χ0) is 11.5. The molecule has 2 nitrogen and oxygen atoms in total. The van der Waals surface area contributed by atoms with Crippen LogP contribution in [0.25, 0.3) is 0 Å². The van der Waals surface area contributed by atoms with E-state index >= 15 is 0 Å². The minimum atomic E-state index is 0.674. The monoisotopic (exact) mass is 301 g/mol. The van der Waals surface area contributed by atoms with Crippen molar-refractivity contribution in [3.05, 3.63) is 22.2 Å². The van der Waals surface area contributed by atoms with E-state index in [1.54, 1.807) is 0 Å². The lowest BCUT2D eigenvalue weighted by Crippen LogP contribution is -2.17. The molecule has 0 bridgehead atoms. The van der Waals surface area contributed by atoms with Crippen molar-refractivity contribution in [2.75, 3.05) is 18.9 Å². The second-order valence-corrected chi connectivity index (χ2v) is 6.27. The summed E-state index contributed by atoms with van der Waals surface area (Å²) in [6, 6.07) is 4.16. The van der Waals surface area contributed by atoms with Gasteiger partial charge in [0.25, 0.3) is 0 Å². The van der Waals surface area contributed by atoms with Gasteiger partial charge in [-0.25, -0.2) is 0 Å². The number of halogens is 1. The van der Waals surface area contributed by atoms with E-state index in [4.69, 9.17) is 10.5 Å². The van der Waals surface area contributed by atoms with Crippen molar-refractivity contribution < 1.29 is 4.74 Å². The molecule has 2 N–H and O–H groups in total. The summed E-state index contributed by atoms with van der Waals surface area (Å²) in [6.45, 7) is 3.84. The first-order valence-corrected chi connectivity index (χ1v) is 7.14. The third-order valence-corrected chi connectivity index (χ3v) is 5.10. The predicted molar refractivity (Wildman–Crippen MR) is 73.0 cm³/mol. The summed E-state index contributed by atoms with van der Waals surface area (Å²) in [5.41, 5.74) is 7.86. The van der Waals surface area contributed by atoms with E-state index in [1.165, 1.54) is 4.90 Å². The Bertz CT molecular complexity index is 378. The highest BCUT2D eigenvalue weighted by molar-refractivity contribution is 9.10. The summed E-state index contributed by atoms with van der Waals surface area (Å²) < 4.78 is 6.47. The molecule has 1 fully saturated rings. The van der Waals surface area contributed by atoms with Crippen molar-refractivity contribution in [2.45, 2.75) is 29.9 Å². The molecule has 1 aliphatic heterocycles. The number of ether oxygens (including phenoxy) is 1. The number of nitrogens with two attached hydrogens (primary N) is 1. The molecular weight excluding hydrogens is 286 g/mol. The highest BCUT2D eigenvalue weighted by Gasteiger charge is 2.16. The lowest BCUT2D eigenvalue weighted by atomic mass is 10.2. The van der Waals surface area contributed by atoms with Gasteiger partial charge < -0.3 is 10.5 Å². The second-order valence-electron chi connectivity index (χ2n) is 4.07. The number of rotatable bonds is 2. The van der Waals surface area contributed by atoms with E-state index < -0.39 is 0 Å². The summed E-state index contributed by atoms with van der Waals surface area (Å²) in [6.07, 6.45) is 2.28. The van der Waals surface area contributed by atoms with Crippen LogP contribution in [0.2, 0.25) is 0 Å². The average molecular weight is 302 g/mol. The third kappa shape index (κ3) is 2.93. The number of benzene rings is 1. The third-order valence-electron chi connectivity index (χ3n) is 2.78. The number of anilines is 1. The van der Waals surface area contributed by atoms with Gasteiger partial charge >= 0.3 is 0 Å². The summed E-state index contributed by atoms with van der Waals surface area (Å²) in [7, 11) is 0. The zero-order valence-corrected chi connectivity index (χ0v) is 11.7. The lowest BCUT2D eigenvalue weighted by Gasteiger charge is -2.22. The van der Waals surface area contributed by atoms with Crippen LogP contribution in [0.5, 0.6) is 0 Å². The molecule has 16 heavy (non-hydrogen) atoms. The molecular formula is C12H16BrNOS. The van der Waals surface area contributed by atoms with Crippen LogP contribution in [-0.2, 0) is 4.74 Å². The fourth-order valence-corrected chi connectivity index (χ4v) is 3.58. The standard InChI is InChI=1S/C12H16BrNOS/c1-8-6-12(10(13)7-11(8)14)16-9-2-4-15-5-3-9/h6-7,9H,2-5,14H2,1H3. The van der Waals surface area contributed by atoms with Gasteiger partial charge in [0.05, 0.1) is 0 Å².